The number of hydrogen-bond donors (Lipinski definition) is 1. The first-order chi connectivity index (χ1) is 6.24. The zero-order valence-electron chi connectivity index (χ0n) is 8.71. The van der Waals surface area contributed by atoms with Gasteiger partial charge in [-0.1, -0.05) is 20.3 Å². The molecule has 1 aromatic heterocycles. The fraction of sp³-hybridized carbons (Fsp3) is 0.636. The van der Waals surface area contributed by atoms with Crippen LogP contribution in [0.5, 0.6) is 0 Å². The lowest BCUT2D eigenvalue weighted by Gasteiger charge is -2.14. The van der Waals surface area contributed by atoms with Gasteiger partial charge in [-0.2, -0.15) is 0 Å². The molecule has 1 N–H and O–H groups in total. The molecular weight excluding hydrogens is 162 g/mol. The first-order valence-corrected chi connectivity index (χ1v) is 5.00. The minimum atomic E-state index is 0.323. The molecule has 74 valence electrons. The number of hydrogen-bond acceptors (Lipinski definition) is 2. The Morgan fingerprint density at radius 1 is 1.46 bits per heavy atom. The molecule has 0 saturated heterocycles. The number of furan rings is 1. The predicted molar refractivity (Wildman–Crippen MR) is 54.6 cm³/mol. The highest BCUT2D eigenvalue weighted by Gasteiger charge is 2.08. The molecule has 1 unspecified atom stereocenters. The van der Waals surface area contributed by atoms with Gasteiger partial charge < -0.3 is 9.73 Å². The zero-order chi connectivity index (χ0) is 9.68. The first kappa shape index (κ1) is 10.3. The van der Waals surface area contributed by atoms with Crippen LogP contribution in [0.25, 0.3) is 0 Å². The Bertz CT molecular complexity index is 218. The van der Waals surface area contributed by atoms with E-state index in [1.54, 1.807) is 6.26 Å². The van der Waals surface area contributed by atoms with Crippen molar-refractivity contribution >= 4 is 0 Å². The smallest absolute Gasteiger partial charge is 0.120 e. The quantitative estimate of drug-likeness (QED) is 0.755. The first-order valence-electron chi connectivity index (χ1n) is 5.00. The van der Waals surface area contributed by atoms with Crippen LogP contribution in [0.15, 0.2) is 22.8 Å². The molecule has 13 heavy (non-hydrogen) atoms. The van der Waals surface area contributed by atoms with Crippen LogP contribution in [0.1, 0.15) is 39.0 Å². The molecule has 2 nitrogen and oxygen atoms in total. The molecule has 0 aliphatic rings. The maximum absolute atomic E-state index is 5.30. The molecule has 0 spiro atoms. The lowest BCUT2D eigenvalue weighted by molar-refractivity contribution is 0.400. The zero-order valence-corrected chi connectivity index (χ0v) is 8.71. The van der Waals surface area contributed by atoms with Crippen molar-refractivity contribution in [2.75, 3.05) is 6.54 Å². The maximum Gasteiger partial charge on any atom is 0.120 e. The Kier molecular flexibility index (Phi) is 4.03. The van der Waals surface area contributed by atoms with Gasteiger partial charge in [0, 0.05) is 0 Å². The van der Waals surface area contributed by atoms with Gasteiger partial charge in [-0.25, -0.2) is 0 Å². The van der Waals surface area contributed by atoms with Gasteiger partial charge in [-0.15, -0.1) is 0 Å². The van der Waals surface area contributed by atoms with Gasteiger partial charge in [-0.05, 0) is 31.5 Å². The highest BCUT2D eigenvalue weighted by molar-refractivity contribution is 5.02. The molecule has 1 heterocycles. The van der Waals surface area contributed by atoms with Crippen molar-refractivity contribution < 1.29 is 4.42 Å². The third kappa shape index (κ3) is 3.23. The van der Waals surface area contributed by atoms with Crippen LogP contribution < -0.4 is 5.32 Å². The lowest BCUT2D eigenvalue weighted by atomic mass is 10.1. The van der Waals surface area contributed by atoms with Crippen molar-refractivity contribution in [1.82, 2.24) is 5.32 Å². The average molecular weight is 181 g/mol. The second kappa shape index (κ2) is 5.07. The molecule has 1 rings (SSSR count). The van der Waals surface area contributed by atoms with E-state index < -0.39 is 0 Å². The van der Waals surface area contributed by atoms with E-state index in [1.165, 1.54) is 6.42 Å². The molecule has 2 atom stereocenters. The molecular formula is C11H19NO. The second-order valence-electron chi connectivity index (χ2n) is 3.66. The topological polar surface area (TPSA) is 25.2 Å². The van der Waals surface area contributed by atoms with Gasteiger partial charge in [-0.3, -0.25) is 0 Å². The molecule has 0 aromatic carbocycles. The van der Waals surface area contributed by atoms with Gasteiger partial charge in [0.05, 0.1) is 12.3 Å². The average Bonchev–Trinajstić information content (AvgIpc) is 2.66. The highest BCUT2D eigenvalue weighted by Crippen LogP contribution is 2.12. The van der Waals surface area contributed by atoms with Crippen LogP contribution in [0.3, 0.4) is 0 Å². The van der Waals surface area contributed by atoms with E-state index >= 15 is 0 Å². The summed E-state index contributed by atoms with van der Waals surface area (Å²) in [6.45, 7) is 7.64. The second-order valence-corrected chi connectivity index (χ2v) is 3.66. The summed E-state index contributed by atoms with van der Waals surface area (Å²) in [7, 11) is 0. The molecule has 0 saturated carbocycles. The normalized spacial score (nSPS) is 15.6. The summed E-state index contributed by atoms with van der Waals surface area (Å²) in [6, 6.07) is 4.26. The predicted octanol–water partition coefficient (Wildman–Crippen LogP) is 2.98. The molecule has 0 fully saturated rings. The third-order valence-electron chi connectivity index (χ3n) is 2.44. The van der Waals surface area contributed by atoms with E-state index in [2.05, 4.69) is 26.1 Å². The summed E-state index contributed by atoms with van der Waals surface area (Å²) in [4.78, 5) is 0. The van der Waals surface area contributed by atoms with Crippen molar-refractivity contribution in [2.24, 2.45) is 5.92 Å². The van der Waals surface area contributed by atoms with Gasteiger partial charge in [0.1, 0.15) is 5.76 Å². The number of nitrogens with one attached hydrogen (secondary N) is 1. The van der Waals surface area contributed by atoms with E-state index in [1.807, 2.05) is 12.1 Å². The van der Waals surface area contributed by atoms with Gasteiger partial charge in [0.25, 0.3) is 0 Å². The largest absolute Gasteiger partial charge is 0.468 e. The minimum Gasteiger partial charge on any atom is -0.468 e. The van der Waals surface area contributed by atoms with Crippen molar-refractivity contribution in [3.63, 3.8) is 0 Å². The molecule has 0 bridgehead atoms. The summed E-state index contributed by atoms with van der Waals surface area (Å²) >= 11 is 0. The van der Waals surface area contributed by atoms with Crippen LogP contribution in [0, 0.1) is 5.92 Å². The Morgan fingerprint density at radius 2 is 2.23 bits per heavy atom. The van der Waals surface area contributed by atoms with Crippen LogP contribution in [-0.2, 0) is 0 Å². The maximum atomic E-state index is 5.30. The van der Waals surface area contributed by atoms with E-state index in [-0.39, 0.29) is 0 Å². The van der Waals surface area contributed by atoms with Gasteiger partial charge in [0.15, 0.2) is 0 Å². The van der Waals surface area contributed by atoms with E-state index in [9.17, 15) is 0 Å². The molecule has 0 aliphatic carbocycles. The minimum absolute atomic E-state index is 0.323. The SMILES string of the molecule is CCC(C)CN[C@@H](C)c1ccco1. The molecule has 1 aromatic rings. The summed E-state index contributed by atoms with van der Waals surface area (Å²) in [5.74, 6) is 1.75. The van der Waals surface area contributed by atoms with Crippen LogP contribution >= 0.6 is 0 Å². The van der Waals surface area contributed by atoms with Crippen molar-refractivity contribution in [3.05, 3.63) is 24.2 Å². The van der Waals surface area contributed by atoms with Crippen LogP contribution in [-0.4, -0.2) is 6.54 Å². The Hall–Kier alpha value is -0.760. The Labute approximate surface area is 80.3 Å². The van der Waals surface area contributed by atoms with Crippen molar-refractivity contribution in [1.29, 1.82) is 0 Å². The summed E-state index contributed by atoms with van der Waals surface area (Å²) in [5.41, 5.74) is 0. The summed E-state index contributed by atoms with van der Waals surface area (Å²) < 4.78 is 5.30. The Balaban J connectivity index is 2.30. The summed E-state index contributed by atoms with van der Waals surface area (Å²) in [6.07, 6.45) is 2.94. The van der Waals surface area contributed by atoms with E-state index in [4.69, 9.17) is 4.42 Å². The van der Waals surface area contributed by atoms with E-state index in [0.29, 0.717) is 6.04 Å². The highest BCUT2D eigenvalue weighted by atomic mass is 16.3. The van der Waals surface area contributed by atoms with Crippen LogP contribution in [0.4, 0.5) is 0 Å². The molecule has 0 radical (unpaired) electrons. The summed E-state index contributed by atoms with van der Waals surface area (Å²) in [5, 5.41) is 3.44. The molecule has 0 aliphatic heterocycles. The number of rotatable bonds is 5. The van der Waals surface area contributed by atoms with Crippen LogP contribution in [0.2, 0.25) is 0 Å². The van der Waals surface area contributed by atoms with E-state index in [0.717, 1.165) is 18.2 Å². The third-order valence-corrected chi connectivity index (χ3v) is 2.44. The standard InChI is InChI=1S/C11H19NO/c1-4-9(2)8-12-10(3)11-6-5-7-13-11/h5-7,9-10,12H,4,8H2,1-3H3/t9?,10-/m0/s1. The molecule has 2 heteroatoms. The van der Waals surface area contributed by atoms with Crippen molar-refractivity contribution in [2.45, 2.75) is 33.2 Å². The Morgan fingerprint density at radius 3 is 2.77 bits per heavy atom. The monoisotopic (exact) mass is 181 g/mol. The lowest BCUT2D eigenvalue weighted by Crippen LogP contribution is -2.23. The molecule has 0 amide bonds. The van der Waals surface area contributed by atoms with Crippen molar-refractivity contribution in [3.8, 4) is 0 Å². The van der Waals surface area contributed by atoms with Gasteiger partial charge in [0.2, 0.25) is 0 Å². The van der Waals surface area contributed by atoms with Gasteiger partial charge >= 0.3 is 0 Å². The fourth-order valence-electron chi connectivity index (χ4n) is 1.16. The fourth-order valence-corrected chi connectivity index (χ4v) is 1.16.